The zero-order valence-electron chi connectivity index (χ0n) is 18.3. The van der Waals surface area contributed by atoms with Crippen molar-refractivity contribution in [1.29, 1.82) is 0 Å². The lowest BCUT2D eigenvalue weighted by Gasteiger charge is -2.32. The van der Waals surface area contributed by atoms with Gasteiger partial charge in [-0.05, 0) is 54.5 Å². The molecular formula is C26H32N2O2. The minimum Gasteiger partial charge on any atom is -0.464 e. The van der Waals surface area contributed by atoms with Gasteiger partial charge in [0.2, 0.25) is 5.91 Å². The molecule has 0 radical (unpaired) electrons. The molecule has 1 aliphatic rings. The van der Waals surface area contributed by atoms with Crippen LogP contribution in [0.2, 0.25) is 0 Å². The lowest BCUT2D eigenvalue weighted by Crippen LogP contribution is -2.44. The zero-order chi connectivity index (χ0) is 21.1. The molecule has 1 fully saturated rings. The highest BCUT2D eigenvalue weighted by atomic mass is 16.3. The molecule has 1 saturated heterocycles. The summed E-state index contributed by atoms with van der Waals surface area (Å²) in [7, 11) is 0. The maximum Gasteiger partial charge on any atom is 0.224 e. The lowest BCUT2D eigenvalue weighted by molar-refractivity contribution is -0.121. The van der Waals surface area contributed by atoms with Crippen LogP contribution in [0.4, 0.5) is 0 Å². The predicted octanol–water partition coefficient (Wildman–Crippen LogP) is 5.19. The minimum absolute atomic E-state index is 0.0888. The maximum atomic E-state index is 12.7. The highest BCUT2D eigenvalue weighted by Gasteiger charge is 2.21. The molecule has 3 aromatic rings. The van der Waals surface area contributed by atoms with Crippen molar-refractivity contribution < 1.29 is 9.21 Å². The van der Waals surface area contributed by atoms with Gasteiger partial charge in [0.15, 0.2) is 0 Å². The van der Waals surface area contributed by atoms with Crippen LogP contribution in [0.5, 0.6) is 0 Å². The van der Waals surface area contributed by atoms with Crippen molar-refractivity contribution in [3.05, 3.63) is 71.0 Å². The van der Waals surface area contributed by atoms with E-state index in [4.69, 9.17) is 4.42 Å². The number of hydrogen-bond acceptors (Lipinski definition) is 3. The quantitative estimate of drug-likeness (QED) is 0.615. The average molecular weight is 405 g/mol. The number of nitrogens with zero attached hydrogens (tertiary/aromatic N) is 1. The van der Waals surface area contributed by atoms with Crippen LogP contribution in [0, 0.1) is 6.92 Å². The Balaban J connectivity index is 1.33. The predicted molar refractivity (Wildman–Crippen MR) is 122 cm³/mol. The third kappa shape index (κ3) is 4.76. The van der Waals surface area contributed by atoms with Crippen molar-refractivity contribution in [1.82, 2.24) is 10.2 Å². The summed E-state index contributed by atoms with van der Waals surface area (Å²) in [4.78, 5) is 15.2. The molecule has 2 heterocycles. The summed E-state index contributed by atoms with van der Waals surface area (Å²) < 4.78 is 5.74. The van der Waals surface area contributed by atoms with Crippen molar-refractivity contribution in [2.24, 2.45) is 0 Å². The van der Waals surface area contributed by atoms with E-state index < -0.39 is 0 Å². The molecule has 30 heavy (non-hydrogen) atoms. The number of piperidine rings is 1. The second kappa shape index (κ2) is 9.05. The molecule has 1 aliphatic heterocycles. The number of rotatable bonds is 6. The molecule has 0 bridgehead atoms. The Bertz CT molecular complexity index is 999. The van der Waals surface area contributed by atoms with Crippen LogP contribution in [0.3, 0.4) is 0 Å². The fourth-order valence-electron chi connectivity index (χ4n) is 4.53. The normalized spacial score (nSPS) is 15.7. The number of amides is 1. The Hall–Kier alpha value is -2.59. The maximum absolute atomic E-state index is 12.7. The smallest absolute Gasteiger partial charge is 0.224 e. The molecular weight excluding hydrogens is 372 g/mol. The van der Waals surface area contributed by atoms with Crippen LogP contribution >= 0.6 is 0 Å². The molecule has 4 rings (SSSR count). The van der Waals surface area contributed by atoms with Gasteiger partial charge in [0.1, 0.15) is 5.58 Å². The van der Waals surface area contributed by atoms with E-state index in [1.54, 1.807) is 6.26 Å². The van der Waals surface area contributed by atoms with Crippen molar-refractivity contribution >= 4 is 16.9 Å². The molecule has 0 aliphatic carbocycles. The van der Waals surface area contributed by atoms with Crippen LogP contribution in [-0.4, -0.2) is 29.9 Å². The standard InChI is InChI=1S/C26H32N2O2/c1-18(2)23-15-24-21(17-30-25(24)13-19(23)3)14-26(29)27-22-9-11-28(12-10-22)16-20-7-5-4-6-8-20/h4-8,13,15,17-18,22H,9-12,14,16H2,1-3H3,(H,27,29). The average Bonchev–Trinajstić information content (AvgIpc) is 3.10. The number of benzene rings is 2. The molecule has 1 aromatic heterocycles. The van der Waals surface area contributed by atoms with Gasteiger partial charge in [-0.1, -0.05) is 44.2 Å². The minimum atomic E-state index is 0.0888. The van der Waals surface area contributed by atoms with Gasteiger partial charge in [0, 0.05) is 36.6 Å². The SMILES string of the molecule is Cc1cc2occ(CC(=O)NC3CCN(Cc4ccccc4)CC3)c2cc1C(C)C. The number of nitrogens with one attached hydrogen (secondary N) is 1. The van der Waals surface area contributed by atoms with Gasteiger partial charge in [-0.2, -0.15) is 0 Å². The third-order valence-electron chi connectivity index (χ3n) is 6.22. The van der Waals surface area contributed by atoms with Crippen molar-refractivity contribution in [2.45, 2.75) is 58.5 Å². The van der Waals surface area contributed by atoms with Crippen molar-refractivity contribution in [3.8, 4) is 0 Å². The van der Waals surface area contributed by atoms with Gasteiger partial charge in [-0.3, -0.25) is 9.69 Å². The lowest BCUT2D eigenvalue weighted by atomic mass is 9.95. The summed E-state index contributed by atoms with van der Waals surface area (Å²) in [6, 6.07) is 15.1. The summed E-state index contributed by atoms with van der Waals surface area (Å²) in [5.74, 6) is 0.540. The first kappa shape index (κ1) is 20.7. The van der Waals surface area contributed by atoms with E-state index in [1.807, 2.05) is 0 Å². The highest BCUT2D eigenvalue weighted by Crippen LogP contribution is 2.29. The van der Waals surface area contributed by atoms with E-state index in [-0.39, 0.29) is 11.9 Å². The molecule has 158 valence electrons. The van der Waals surface area contributed by atoms with Gasteiger partial charge < -0.3 is 9.73 Å². The van der Waals surface area contributed by atoms with Gasteiger partial charge in [-0.25, -0.2) is 0 Å². The molecule has 0 atom stereocenters. The molecule has 0 saturated carbocycles. The number of hydrogen-bond donors (Lipinski definition) is 1. The van der Waals surface area contributed by atoms with E-state index in [2.05, 4.69) is 73.5 Å². The van der Waals surface area contributed by atoms with E-state index in [1.165, 1.54) is 16.7 Å². The fraction of sp³-hybridized carbons (Fsp3) is 0.423. The molecule has 1 N–H and O–H groups in total. The molecule has 4 nitrogen and oxygen atoms in total. The zero-order valence-corrected chi connectivity index (χ0v) is 18.3. The molecule has 1 amide bonds. The highest BCUT2D eigenvalue weighted by molar-refractivity contribution is 5.88. The summed E-state index contributed by atoms with van der Waals surface area (Å²) in [6.45, 7) is 9.54. The van der Waals surface area contributed by atoms with E-state index in [0.717, 1.165) is 49.0 Å². The number of carbonyl (C=O) groups is 1. The third-order valence-corrected chi connectivity index (χ3v) is 6.22. The van der Waals surface area contributed by atoms with Crippen LogP contribution in [-0.2, 0) is 17.8 Å². The summed E-state index contributed by atoms with van der Waals surface area (Å²) in [5, 5.41) is 4.31. The Morgan fingerprint density at radius 2 is 1.90 bits per heavy atom. The second-order valence-electron chi connectivity index (χ2n) is 8.90. The van der Waals surface area contributed by atoms with Crippen molar-refractivity contribution in [3.63, 3.8) is 0 Å². The van der Waals surface area contributed by atoms with E-state index in [9.17, 15) is 4.79 Å². The Morgan fingerprint density at radius 3 is 2.60 bits per heavy atom. The number of furan rings is 1. The molecule has 4 heteroatoms. The number of aryl methyl sites for hydroxylation is 1. The summed E-state index contributed by atoms with van der Waals surface area (Å²) in [5.41, 5.74) is 5.75. The Labute approximate surface area is 179 Å². The second-order valence-corrected chi connectivity index (χ2v) is 8.90. The summed E-state index contributed by atoms with van der Waals surface area (Å²) in [6.07, 6.45) is 4.12. The van der Waals surface area contributed by atoms with Crippen LogP contribution in [0.15, 0.2) is 53.1 Å². The van der Waals surface area contributed by atoms with Gasteiger partial charge in [0.05, 0.1) is 12.7 Å². The number of fused-ring (bicyclic) bond motifs is 1. The molecule has 2 aromatic carbocycles. The number of carbonyl (C=O) groups excluding carboxylic acids is 1. The fourth-order valence-corrected chi connectivity index (χ4v) is 4.53. The first-order valence-electron chi connectivity index (χ1n) is 11.1. The van der Waals surface area contributed by atoms with Gasteiger partial charge in [-0.15, -0.1) is 0 Å². The van der Waals surface area contributed by atoms with Crippen LogP contribution in [0.25, 0.3) is 11.0 Å². The van der Waals surface area contributed by atoms with Gasteiger partial charge >= 0.3 is 0 Å². The van der Waals surface area contributed by atoms with Gasteiger partial charge in [0.25, 0.3) is 0 Å². The van der Waals surface area contributed by atoms with Crippen molar-refractivity contribution in [2.75, 3.05) is 13.1 Å². The molecule has 0 unspecified atom stereocenters. The van der Waals surface area contributed by atoms with Crippen LogP contribution in [0.1, 0.15) is 54.9 Å². The first-order chi connectivity index (χ1) is 14.5. The Morgan fingerprint density at radius 1 is 1.17 bits per heavy atom. The number of likely N-dealkylation sites (tertiary alicyclic amines) is 1. The topological polar surface area (TPSA) is 45.5 Å². The molecule has 0 spiro atoms. The van der Waals surface area contributed by atoms with Crippen LogP contribution < -0.4 is 5.32 Å². The van der Waals surface area contributed by atoms with E-state index >= 15 is 0 Å². The first-order valence-corrected chi connectivity index (χ1v) is 11.1. The largest absolute Gasteiger partial charge is 0.464 e. The monoisotopic (exact) mass is 404 g/mol. The Kier molecular flexibility index (Phi) is 6.24. The summed E-state index contributed by atoms with van der Waals surface area (Å²) >= 11 is 0. The van der Waals surface area contributed by atoms with E-state index in [0.29, 0.717) is 12.3 Å².